The summed E-state index contributed by atoms with van der Waals surface area (Å²) in [6.07, 6.45) is 2.98. The number of para-hydroxylation sites is 1. The Morgan fingerprint density at radius 2 is 1.47 bits per heavy atom. The molecule has 180 valence electrons. The summed E-state index contributed by atoms with van der Waals surface area (Å²) < 4.78 is 0. The fraction of sp³-hybridized carbons (Fsp3) is 0.129. The van der Waals surface area contributed by atoms with Gasteiger partial charge < -0.3 is 10.3 Å². The molecule has 0 aliphatic carbocycles. The Morgan fingerprint density at radius 3 is 2.22 bits per heavy atom. The molecule has 1 heterocycles. The molecule has 4 aromatic carbocycles. The number of carbonyl (C=O) groups excluding carboxylic acids is 1. The fourth-order valence-corrected chi connectivity index (χ4v) is 5.05. The van der Waals surface area contributed by atoms with Crippen molar-refractivity contribution in [2.75, 3.05) is 0 Å². The Balaban J connectivity index is 1.46. The molecule has 0 saturated heterocycles. The number of aromatic nitrogens is 1. The van der Waals surface area contributed by atoms with E-state index >= 15 is 0 Å². The van der Waals surface area contributed by atoms with E-state index in [2.05, 4.69) is 40.6 Å². The van der Waals surface area contributed by atoms with Crippen LogP contribution in [0.4, 0.5) is 0 Å². The first-order valence-corrected chi connectivity index (χ1v) is 12.7. The van der Waals surface area contributed by atoms with Crippen LogP contribution in [0.15, 0.2) is 109 Å². The topological polar surface area (TPSA) is 44.9 Å². The number of hydrogen-bond donors (Lipinski definition) is 2. The third-order valence-corrected chi connectivity index (χ3v) is 7.29. The number of halogens is 2. The molecule has 2 atom stereocenters. The Labute approximate surface area is 221 Å². The lowest BCUT2D eigenvalue weighted by molar-refractivity contribution is -0.122. The minimum absolute atomic E-state index is 0.0267. The zero-order valence-corrected chi connectivity index (χ0v) is 21.1. The number of H-pyrrole nitrogens is 1. The van der Waals surface area contributed by atoms with E-state index < -0.39 is 0 Å². The highest BCUT2D eigenvalue weighted by atomic mass is 35.5. The van der Waals surface area contributed by atoms with Crippen LogP contribution in [0, 0.1) is 0 Å². The van der Waals surface area contributed by atoms with Gasteiger partial charge >= 0.3 is 0 Å². The van der Waals surface area contributed by atoms with Crippen LogP contribution in [-0.4, -0.2) is 10.9 Å². The molecule has 0 aliphatic rings. The summed E-state index contributed by atoms with van der Waals surface area (Å²) in [5.74, 6) is -0.217. The normalized spacial score (nSPS) is 12.8. The number of fused-ring (bicyclic) bond motifs is 1. The van der Waals surface area contributed by atoms with E-state index in [1.807, 2.05) is 72.9 Å². The number of amides is 1. The summed E-state index contributed by atoms with van der Waals surface area (Å²) >= 11 is 12.6. The van der Waals surface area contributed by atoms with Crippen molar-refractivity contribution in [3.8, 4) is 0 Å². The van der Waals surface area contributed by atoms with Crippen molar-refractivity contribution < 1.29 is 4.79 Å². The summed E-state index contributed by atoms with van der Waals surface area (Å²) in [4.78, 5) is 16.9. The molecule has 0 saturated carbocycles. The maximum Gasteiger partial charge on any atom is 0.221 e. The largest absolute Gasteiger partial charge is 0.361 e. The summed E-state index contributed by atoms with van der Waals surface area (Å²) in [6.45, 7) is 0. The Kier molecular flexibility index (Phi) is 7.41. The molecule has 3 nitrogen and oxygen atoms in total. The average molecular weight is 513 g/mol. The molecule has 1 amide bonds. The smallest absolute Gasteiger partial charge is 0.221 e. The van der Waals surface area contributed by atoms with Gasteiger partial charge in [-0.25, -0.2) is 0 Å². The van der Waals surface area contributed by atoms with Gasteiger partial charge in [-0.15, -0.1) is 0 Å². The number of hydrogen-bond acceptors (Lipinski definition) is 1. The van der Waals surface area contributed by atoms with Crippen molar-refractivity contribution in [3.05, 3.63) is 142 Å². The molecule has 0 unspecified atom stereocenters. The minimum Gasteiger partial charge on any atom is -0.361 e. The fourth-order valence-electron chi connectivity index (χ4n) is 4.74. The van der Waals surface area contributed by atoms with Gasteiger partial charge in [-0.3, -0.25) is 4.79 Å². The first kappa shape index (κ1) is 24.2. The molecule has 5 aromatic rings. The van der Waals surface area contributed by atoms with Crippen molar-refractivity contribution in [2.45, 2.75) is 24.8 Å². The second-order valence-electron chi connectivity index (χ2n) is 8.94. The van der Waals surface area contributed by atoms with Gasteiger partial charge in [0.15, 0.2) is 0 Å². The molecule has 1 aromatic heterocycles. The highest BCUT2D eigenvalue weighted by Crippen LogP contribution is 2.36. The first-order chi connectivity index (χ1) is 17.6. The number of rotatable bonds is 8. The van der Waals surface area contributed by atoms with Crippen LogP contribution in [0.2, 0.25) is 10.0 Å². The summed E-state index contributed by atoms with van der Waals surface area (Å²) in [5, 5.41) is 5.37. The molecular formula is C31H26Cl2N2O. The monoisotopic (exact) mass is 512 g/mol. The molecule has 0 fully saturated rings. The van der Waals surface area contributed by atoms with Gasteiger partial charge in [0.05, 0.1) is 16.1 Å². The molecule has 2 N–H and O–H groups in total. The lowest BCUT2D eigenvalue weighted by atomic mass is 9.87. The maximum absolute atomic E-state index is 13.6. The molecule has 0 aliphatic heterocycles. The molecular weight excluding hydrogens is 487 g/mol. The molecule has 36 heavy (non-hydrogen) atoms. The lowest BCUT2D eigenvalue weighted by Crippen LogP contribution is -2.31. The van der Waals surface area contributed by atoms with Crippen LogP contribution < -0.4 is 5.32 Å². The zero-order chi connectivity index (χ0) is 24.9. The summed E-state index contributed by atoms with van der Waals surface area (Å²) in [6, 6.07) is 33.9. The third kappa shape index (κ3) is 5.48. The van der Waals surface area contributed by atoms with Gasteiger partial charge in [0.1, 0.15) is 0 Å². The molecule has 0 bridgehead atoms. The van der Waals surface area contributed by atoms with E-state index in [-0.39, 0.29) is 24.3 Å². The van der Waals surface area contributed by atoms with Crippen molar-refractivity contribution in [1.29, 1.82) is 0 Å². The van der Waals surface area contributed by atoms with Crippen LogP contribution in [0.5, 0.6) is 0 Å². The summed E-state index contributed by atoms with van der Waals surface area (Å²) in [7, 11) is 0. The number of nitrogens with one attached hydrogen (secondary N) is 2. The van der Waals surface area contributed by atoms with Crippen LogP contribution >= 0.6 is 23.2 Å². The van der Waals surface area contributed by atoms with Crippen molar-refractivity contribution in [1.82, 2.24) is 10.3 Å². The lowest BCUT2D eigenvalue weighted by Gasteiger charge is -2.23. The number of carbonyl (C=O) groups is 1. The van der Waals surface area contributed by atoms with Gasteiger partial charge in [0.2, 0.25) is 5.91 Å². The van der Waals surface area contributed by atoms with E-state index in [0.717, 1.165) is 27.6 Å². The summed E-state index contributed by atoms with van der Waals surface area (Å²) in [5.41, 5.74) is 5.28. The molecule has 5 heteroatoms. The Hall–Kier alpha value is -3.53. The first-order valence-electron chi connectivity index (χ1n) is 12.0. The van der Waals surface area contributed by atoms with Gasteiger partial charge in [0, 0.05) is 29.4 Å². The van der Waals surface area contributed by atoms with Gasteiger partial charge in [0.25, 0.3) is 0 Å². The molecule has 0 spiro atoms. The Morgan fingerprint density at radius 1 is 0.778 bits per heavy atom. The zero-order valence-electron chi connectivity index (χ0n) is 19.6. The highest BCUT2D eigenvalue weighted by Gasteiger charge is 2.24. The standard InChI is InChI=1S/C31H26Cl2N2O/c32-27-16-15-23(18-28(27)33)25(26-20-34-29-14-8-7-13-24(26)29)19-31(36)35-30(22-11-5-2-6-12-22)17-21-9-3-1-4-10-21/h1-16,18,20,25,30,34H,17,19H2,(H,35,36)/t25-,30-/m0/s1. The van der Waals surface area contributed by atoms with E-state index in [1.54, 1.807) is 6.07 Å². The predicted molar refractivity (Wildman–Crippen MR) is 149 cm³/mol. The van der Waals surface area contributed by atoms with Crippen LogP contribution in [0.25, 0.3) is 10.9 Å². The predicted octanol–water partition coefficient (Wildman–Crippen LogP) is 8.10. The second-order valence-corrected chi connectivity index (χ2v) is 9.75. The number of benzene rings is 4. The van der Waals surface area contributed by atoms with Crippen LogP contribution in [-0.2, 0) is 11.2 Å². The second kappa shape index (κ2) is 11.0. The molecule has 5 rings (SSSR count). The van der Waals surface area contributed by atoms with Gasteiger partial charge in [-0.2, -0.15) is 0 Å². The van der Waals surface area contributed by atoms with E-state index in [1.165, 1.54) is 5.56 Å². The highest BCUT2D eigenvalue weighted by molar-refractivity contribution is 6.42. The SMILES string of the molecule is O=C(C[C@@H](c1ccc(Cl)c(Cl)c1)c1c[nH]c2ccccc12)N[C@@H](Cc1ccccc1)c1ccccc1. The van der Waals surface area contributed by atoms with Gasteiger partial charge in [-0.05, 0) is 46.9 Å². The van der Waals surface area contributed by atoms with E-state index in [9.17, 15) is 4.79 Å². The average Bonchev–Trinajstić information content (AvgIpc) is 3.34. The molecule has 0 radical (unpaired) electrons. The third-order valence-electron chi connectivity index (χ3n) is 6.55. The van der Waals surface area contributed by atoms with Crippen molar-refractivity contribution in [3.63, 3.8) is 0 Å². The number of aromatic amines is 1. The van der Waals surface area contributed by atoms with Crippen molar-refractivity contribution >= 4 is 40.0 Å². The van der Waals surface area contributed by atoms with E-state index in [4.69, 9.17) is 23.2 Å². The Bertz CT molecular complexity index is 1460. The van der Waals surface area contributed by atoms with Crippen LogP contribution in [0.1, 0.15) is 40.6 Å². The minimum atomic E-state index is -0.191. The van der Waals surface area contributed by atoms with Crippen LogP contribution in [0.3, 0.4) is 0 Å². The quantitative estimate of drug-likeness (QED) is 0.216. The van der Waals surface area contributed by atoms with Gasteiger partial charge in [-0.1, -0.05) is 108 Å². The van der Waals surface area contributed by atoms with Crippen molar-refractivity contribution in [2.24, 2.45) is 0 Å². The maximum atomic E-state index is 13.6. The van der Waals surface area contributed by atoms with E-state index in [0.29, 0.717) is 16.5 Å².